The number of carbonyl (C=O) groups excluding carboxylic acids is 1. The number of nitrogens with two attached hydrogens (primary N) is 1. The van der Waals surface area contributed by atoms with Crippen molar-refractivity contribution in [2.24, 2.45) is 17.6 Å². The number of ketones is 1. The third-order valence-electron chi connectivity index (χ3n) is 3.10. The quantitative estimate of drug-likeness (QED) is 0.725. The van der Waals surface area contributed by atoms with Crippen LogP contribution in [0.5, 0.6) is 0 Å². The van der Waals surface area contributed by atoms with E-state index < -0.39 is 0 Å². The van der Waals surface area contributed by atoms with Crippen LogP contribution in [0.25, 0.3) is 0 Å². The zero-order chi connectivity index (χ0) is 9.84. The van der Waals surface area contributed by atoms with Crippen LogP contribution in [0.4, 0.5) is 0 Å². The van der Waals surface area contributed by atoms with Crippen molar-refractivity contribution in [3.8, 4) is 0 Å². The monoisotopic (exact) mass is 183 g/mol. The summed E-state index contributed by atoms with van der Waals surface area (Å²) >= 11 is 0. The largest absolute Gasteiger partial charge is 0.327 e. The lowest BCUT2D eigenvalue weighted by molar-refractivity contribution is -0.123. The molecule has 0 aromatic heterocycles. The molecular weight excluding hydrogens is 162 g/mol. The summed E-state index contributed by atoms with van der Waals surface area (Å²) in [4.78, 5) is 11.7. The van der Waals surface area contributed by atoms with Crippen molar-refractivity contribution in [3.63, 3.8) is 0 Å². The lowest BCUT2D eigenvalue weighted by atomic mass is 9.92. The van der Waals surface area contributed by atoms with E-state index in [2.05, 4.69) is 13.8 Å². The highest BCUT2D eigenvalue weighted by Gasteiger charge is 2.24. The predicted molar refractivity (Wildman–Crippen MR) is 54.4 cm³/mol. The number of rotatable bonds is 4. The van der Waals surface area contributed by atoms with Gasteiger partial charge in [0.2, 0.25) is 0 Å². The predicted octanol–water partition coefficient (Wildman–Crippen LogP) is 2.12. The fourth-order valence-corrected chi connectivity index (χ4v) is 1.88. The Morgan fingerprint density at radius 1 is 1.38 bits per heavy atom. The Balaban J connectivity index is 2.31. The second kappa shape index (κ2) is 4.75. The SMILES string of the molecule is CC(C)C(N)CC(=O)C1CCCC1. The lowest BCUT2D eigenvalue weighted by Crippen LogP contribution is -2.31. The first-order chi connectivity index (χ1) is 6.11. The maximum Gasteiger partial charge on any atom is 0.137 e. The van der Waals surface area contributed by atoms with Gasteiger partial charge in [-0.25, -0.2) is 0 Å². The van der Waals surface area contributed by atoms with Gasteiger partial charge in [0.15, 0.2) is 0 Å². The number of carbonyl (C=O) groups is 1. The molecule has 1 unspecified atom stereocenters. The van der Waals surface area contributed by atoms with Gasteiger partial charge in [0.05, 0.1) is 0 Å². The van der Waals surface area contributed by atoms with Crippen LogP contribution in [0.15, 0.2) is 0 Å². The van der Waals surface area contributed by atoms with Crippen molar-refractivity contribution >= 4 is 5.78 Å². The molecule has 1 aliphatic carbocycles. The minimum Gasteiger partial charge on any atom is -0.327 e. The van der Waals surface area contributed by atoms with Crippen LogP contribution in [0.2, 0.25) is 0 Å². The second-order valence-corrected chi connectivity index (χ2v) is 4.56. The molecule has 2 heteroatoms. The Morgan fingerprint density at radius 3 is 2.38 bits per heavy atom. The molecule has 0 spiro atoms. The third kappa shape index (κ3) is 3.11. The summed E-state index contributed by atoms with van der Waals surface area (Å²) in [5, 5.41) is 0. The molecule has 0 aromatic carbocycles. The molecule has 1 aliphatic rings. The minimum absolute atomic E-state index is 0.0631. The average molecular weight is 183 g/mol. The standard InChI is InChI=1S/C11H21NO/c1-8(2)10(12)7-11(13)9-5-3-4-6-9/h8-10H,3-7,12H2,1-2H3. The fraction of sp³-hybridized carbons (Fsp3) is 0.909. The highest BCUT2D eigenvalue weighted by atomic mass is 16.1. The molecule has 2 N–H and O–H groups in total. The summed E-state index contributed by atoms with van der Waals surface area (Å²) in [7, 11) is 0. The van der Waals surface area contributed by atoms with E-state index in [0.717, 1.165) is 12.8 Å². The summed E-state index contributed by atoms with van der Waals surface area (Å²) in [5.41, 5.74) is 5.86. The summed E-state index contributed by atoms with van der Waals surface area (Å²) in [5.74, 6) is 1.16. The molecular formula is C11H21NO. The first-order valence-corrected chi connectivity index (χ1v) is 5.39. The Labute approximate surface area is 80.9 Å². The highest BCUT2D eigenvalue weighted by Crippen LogP contribution is 2.27. The first kappa shape index (κ1) is 10.7. The fourth-order valence-electron chi connectivity index (χ4n) is 1.88. The lowest BCUT2D eigenvalue weighted by Gasteiger charge is -2.16. The molecule has 1 saturated carbocycles. The summed E-state index contributed by atoms with van der Waals surface area (Å²) in [6.07, 6.45) is 5.25. The highest BCUT2D eigenvalue weighted by molar-refractivity contribution is 5.81. The maximum atomic E-state index is 11.7. The zero-order valence-corrected chi connectivity index (χ0v) is 8.75. The van der Waals surface area contributed by atoms with Crippen molar-refractivity contribution in [2.45, 2.75) is 52.0 Å². The van der Waals surface area contributed by atoms with Gasteiger partial charge in [0, 0.05) is 18.4 Å². The molecule has 76 valence electrons. The second-order valence-electron chi connectivity index (χ2n) is 4.56. The summed E-state index contributed by atoms with van der Waals surface area (Å²) < 4.78 is 0. The van der Waals surface area contributed by atoms with Gasteiger partial charge in [0.25, 0.3) is 0 Å². The average Bonchev–Trinajstić information content (AvgIpc) is 2.55. The van der Waals surface area contributed by atoms with E-state index in [1.807, 2.05) is 0 Å². The Morgan fingerprint density at radius 2 is 1.92 bits per heavy atom. The molecule has 0 aliphatic heterocycles. The van der Waals surface area contributed by atoms with Crippen molar-refractivity contribution in [2.75, 3.05) is 0 Å². The smallest absolute Gasteiger partial charge is 0.137 e. The van der Waals surface area contributed by atoms with Gasteiger partial charge in [0.1, 0.15) is 5.78 Å². The van der Waals surface area contributed by atoms with Gasteiger partial charge in [-0.05, 0) is 18.8 Å². The van der Waals surface area contributed by atoms with Crippen molar-refractivity contribution in [3.05, 3.63) is 0 Å². The maximum absolute atomic E-state index is 11.7. The van der Waals surface area contributed by atoms with Crippen molar-refractivity contribution < 1.29 is 4.79 Å². The molecule has 1 atom stereocenters. The molecule has 0 radical (unpaired) electrons. The van der Waals surface area contributed by atoms with Crippen LogP contribution >= 0.6 is 0 Å². The van der Waals surface area contributed by atoms with Gasteiger partial charge < -0.3 is 5.73 Å². The Hall–Kier alpha value is -0.370. The normalized spacial score (nSPS) is 20.9. The Kier molecular flexibility index (Phi) is 3.91. The minimum atomic E-state index is 0.0631. The molecule has 1 fully saturated rings. The number of Topliss-reactive ketones (excluding diaryl/α,β-unsaturated/α-hetero) is 1. The first-order valence-electron chi connectivity index (χ1n) is 5.39. The molecule has 0 saturated heterocycles. The molecule has 1 rings (SSSR count). The van der Waals surface area contributed by atoms with E-state index in [9.17, 15) is 4.79 Å². The van der Waals surface area contributed by atoms with Crippen LogP contribution in [0, 0.1) is 11.8 Å². The van der Waals surface area contributed by atoms with E-state index in [-0.39, 0.29) is 6.04 Å². The van der Waals surface area contributed by atoms with Crippen LogP contribution in [-0.4, -0.2) is 11.8 Å². The number of hydrogen-bond acceptors (Lipinski definition) is 2. The number of hydrogen-bond donors (Lipinski definition) is 1. The summed E-state index contributed by atoms with van der Waals surface area (Å²) in [6.45, 7) is 4.15. The van der Waals surface area contributed by atoms with Gasteiger partial charge in [-0.3, -0.25) is 4.79 Å². The van der Waals surface area contributed by atoms with E-state index in [1.165, 1.54) is 12.8 Å². The van der Waals surface area contributed by atoms with Crippen molar-refractivity contribution in [1.29, 1.82) is 0 Å². The van der Waals surface area contributed by atoms with Gasteiger partial charge in [-0.2, -0.15) is 0 Å². The van der Waals surface area contributed by atoms with Crippen LogP contribution < -0.4 is 5.73 Å². The van der Waals surface area contributed by atoms with Crippen LogP contribution in [0.3, 0.4) is 0 Å². The molecule has 0 bridgehead atoms. The van der Waals surface area contributed by atoms with E-state index in [0.29, 0.717) is 24.0 Å². The van der Waals surface area contributed by atoms with Crippen molar-refractivity contribution in [1.82, 2.24) is 0 Å². The molecule has 0 aromatic rings. The molecule has 0 heterocycles. The van der Waals surface area contributed by atoms with E-state index >= 15 is 0 Å². The van der Waals surface area contributed by atoms with Gasteiger partial charge in [-0.15, -0.1) is 0 Å². The molecule has 2 nitrogen and oxygen atoms in total. The van der Waals surface area contributed by atoms with E-state index in [1.54, 1.807) is 0 Å². The Bertz CT molecular complexity index is 171. The van der Waals surface area contributed by atoms with Crippen LogP contribution in [0.1, 0.15) is 46.0 Å². The van der Waals surface area contributed by atoms with Gasteiger partial charge >= 0.3 is 0 Å². The van der Waals surface area contributed by atoms with Gasteiger partial charge in [-0.1, -0.05) is 26.7 Å². The molecule has 13 heavy (non-hydrogen) atoms. The van der Waals surface area contributed by atoms with Crippen LogP contribution in [-0.2, 0) is 4.79 Å². The third-order valence-corrected chi connectivity index (χ3v) is 3.10. The zero-order valence-electron chi connectivity index (χ0n) is 8.75. The summed E-state index contributed by atoms with van der Waals surface area (Å²) in [6, 6.07) is 0.0631. The topological polar surface area (TPSA) is 43.1 Å². The van der Waals surface area contributed by atoms with E-state index in [4.69, 9.17) is 5.73 Å². The molecule has 0 amide bonds.